The standard InChI is InChI=1S/C18H24N4O2S/c1-13-6-4-5-11-21(13)17(23)12-25-18-20-19-14(2)22(18)15-7-9-16(24-3)10-8-15/h7-10,13H,4-6,11-12H2,1-3H3. The van der Waals surface area contributed by atoms with Crippen molar-refractivity contribution in [2.24, 2.45) is 0 Å². The van der Waals surface area contributed by atoms with Crippen molar-refractivity contribution in [3.8, 4) is 11.4 Å². The maximum Gasteiger partial charge on any atom is 0.233 e. The molecule has 1 fully saturated rings. The lowest BCUT2D eigenvalue weighted by Gasteiger charge is -2.33. The molecule has 1 unspecified atom stereocenters. The van der Waals surface area contributed by atoms with E-state index in [1.54, 1.807) is 7.11 Å². The summed E-state index contributed by atoms with van der Waals surface area (Å²) in [4.78, 5) is 14.5. The number of benzene rings is 1. The molecule has 134 valence electrons. The van der Waals surface area contributed by atoms with Crippen LogP contribution in [0.3, 0.4) is 0 Å². The SMILES string of the molecule is COc1ccc(-n2c(C)nnc2SCC(=O)N2CCCCC2C)cc1. The largest absolute Gasteiger partial charge is 0.497 e. The van der Waals surface area contributed by atoms with Gasteiger partial charge in [-0.15, -0.1) is 10.2 Å². The minimum atomic E-state index is 0.180. The summed E-state index contributed by atoms with van der Waals surface area (Å²) in [6.07, 6.45) is 3.41. The summed E-state index contributed by atoms with van der Waals surface area (Å²) < 4.78 is 7.18. The number of hydrogen-bond donors (Lipinski definition) is 0. The Morgan fingerprint density at radius 3 is 2.72 bits per heavy atom. The molecule has 0 aliphatic carbocycles. The molecule has 25 heavy (non-hydrogen) atoms. The Labute approximate surface area is 152 Å². The molecule has 1 aliphatic rings. The monoisotopic (exact) mass is 360 g/mol. The highest BCUT2D eigenvalue weighted by Crippen LogP contribution is 2.25. The zero-order valence-electron chi connectivity index (χ0n) is 14.9. The number of likely N-dealkylation sites (tertiary alicyclic amines) is 1. The van der Waals surface area contributed by atoms with Crippen LogP contribution in [0.15, 0.2) is 29.4 Å². The van der Waals surface area contributed by atoms with Crippen LogP contribution >= 0.6 is 11.8 Å². The number of aromatic nitrogens is 3. The van der Waals surface area contributed by atoms with E-state index in [0.29, 0.717) is 11.8 Å². The Balaban J connectivity index is 1.72. The molecule has 0 N–H and O–H groups in total. The number of carbonyl (C=O) groups excluding carboxylic acids is 1. The lowest BCUT2D eigenvalue weighted by atomic mass is 10.0. The van der Waals surface area contributed by atoms with E-state index in [0.717, 1.165) is 41.8 Å². The molecular formula is C18H24N4O2S. The van der Waals surface area contributed by atoms with Crippen LogP contribution in [-0.4, -0.2) is 51.0 Å². The Hall–Kier alpha value is -2.02. The number of carbonyl (C=O) groups is 1. The molecule has 1 amide bonds. The van der Waals surface area contributed by atoms with E-state index in [1.165, 1.54) is 18.2 Å². The minimum absolute atomic E-state index is 0.180. The number of hydrogen-bond acceptors (Lipinski definition) is 5. The van der Waals surface area contributed by atoms with Crippen LogP contribution < -0.4 is 4.74 Å². The molecule has 2 heterocycles. The summed E-state index contributed by atoms with van der Waals surface area (Å²) in [5.74, 6) is 2.17. The Morgan fingerprint density at radius 1 is 1.28 bits per heavy atom. The number of nitrogens with zero attached hydrogens (tertiary/aromatic N) is 4. The molecule has 1 aromatic carbocycles. The van der Waals surface area contributed by atoms with Crippen molar-refractivity contribution in [2.45, 2.75) is 44.3 Å². The Bertz CT molecular complexity index is 729. The van der Waals surface area contributed by atoms with Gasteiger partial charge in [-0.25, -0.2) is 0 Å². The maximum atomic E-state index is 12.6. The number of amides is 1. The van der Waals surface area contributed by atoms with Gasteiger partial charge in [0.15, 0.2) is 5.16 Å². The molecule has 0 saturated carbocycles. The van der Waals surface area contributed by atoms with Gasteiger partial charge in [-0.1, -0.05) is 11.8 Å². The molecule has 0 radical (unpaired) electrons. The summed E-state index contributed by atoms with van der Waals surface area (Å²) in [6, 6.07) is 8.08. The van der Waals surface area contributed by atoms with Crippen LogP contribution in [0.5, 0.6) is 5.75 Å². The van der Waals surface area contributed by atoms with Crippen molar-refractivity contribution >= 4 is 17.7 Å². The third-order valence-corrected chi connectivity index (χ3v) is 5.49. The highest BCUT2D eigenvalue weighted by molar-refractivity contribution is 7.99. The van der Waals surface area contributed by atoms with Crippen LogP contribution in [0.4, 0.5) is 0 Å². The fourth-order valence-corrected chi connectivity index (χ4v) is 4.03. The topological polar surface area (TPSA) is 60.2 Å². The first-order valence-corrected chi connectivity index (χ1v) is 9.57. The van der Waals surface area contributed by atoms with Gasteiger partial charge in [0, 0.05) is 18.3 Å². The van der Waals surface area contributed by atoms with Crippen molar-refractivity contribution in [2.75, 3.05) is 19.4 Å². The first-order chi connectivity index (χ1) is 12.1. The van der Waals surface area contributed by atoms with E-state index in [-0.39, 0.29) is 5.91 Å². The second-order valence-corrected chi connectivity index (χ2v) is 7.23. The van der Waals surface area contributed by atoms with Gasteiger partial charge in [-0.05, 0) is 57.4 Å². The van der Waals surface area contributed by atoms with Gasteiger partial charge in [-0.2, -0.15) is 0 Å². The third-order valence-electron chi connectivity index (χ3n) is 4.57. The number of aryl methyl sites for hydroxylation is 1. The lowest BCUT2D eigenvalue weighted by molar-refractivity contribution is -0.131. The van der Waals surface area contributed by atoms with Crippen LogP contribution in [0.25, 0.3) is 5.69 Å². The summed E-state index contributed by atoms with van der Waals surface area (Å²) >= 11 is 1.44. The zero-order chi connectivity index (χ0) is 17.8. The first-order valence-electron chi connectivity index (χ1n) is 8.59. The van der Waals surface area contributed by atoms with Crippen molar-refractivity contribution in [1.82, 2.24) is 19.7 Å². The van der Waals surface area contributed by atoms with Gasteiger partial charge in [0.2, 0.25) is 5.91 Å². The number of rotatable bonds is 5. The smallest absolute Gasteiger partial charge is 0.233 e. The van der Waals surface area contributed by atoms with Crippen LogP contribution in [0.1, 0.15) is 32.0 Å². The second-order valence-electron chi connectivity index (χ2n) is 6.28. The van der Waals surface area contributed by atoms with E-state index in [9.17, 15) is 4.79 Å². The Morgan fingerprint density at radius 2 is 2.04 bits per heavy atom. The molecule has 1 atom stereocenters. The normalized spacial score (nSPS) is 17.6. The molecule has 1 aliphatic heterocycles. The van der Waals surface area contributed by atoms with Gasteiger partial charge in [0.05, 0.1) is 12.9 Å². The summed E-state index contributed by atoms with van der Waals surface area (Å²) in [5.41, 5.74) is 0.963. The van der Waals surface area contributed by atoms with Gasteiger partial charge >= 0.3 is 0 Å². The fourth-order valence-electron chi connectivity index (χ4n) is 3.14. The molecule has 0 bridgehead atoms. The number of thioether (sulfide) groups is 1. The van der Waals surface area contributed by atoms with Crippen molar-refractivity contribution < 1.29 is 9.53 Å². The number of ether oxygens (including phenoxy) is 1. The molecule has 6 nitrogen and oxygen atoms in total. The third kappa shape index (κ3) is 3.98. The molecule has 1 aromatic heterocycles. The first kappa shape index (κ1) is 17.8. The van der Waals surface area contributed by atoms with E-state index in [4.69, 9.17) is 4.74 Å². The average molecular weight is 360 g/mol. The van der Waals surface area contributed by atoms with Gasteiger partial charge in [-0.3, -0.25) is 9.36 Å². The summed E-state index contributed by atoms with van der Waals surface area (Å²) in [7, 11) is 1.65. The highest BCUT2D eigenvalue weighted by atomic mass is 32.2. The summed E-state index contributed by atoms with van der Waals surface area (Å²) in [6.45, 7) is 4.91. The fraction of sp³-hybridized carbons (Fsp3) is 0.500. The molecular weight excluding hydrogens is 336 g/mol. The van der Waals surface area contributed by atoms with Crippen LogP contribution in [-0.2, 0) is 4.79 Å². The average Bonchev–Trinajstić information content (AvgIpc) is 3.00. The lowest BCUT2D eigenvalue weighted by Crippen LogP contribution is -2.42. The van der Waals surface area contributed by atoms with Gasteiger partial charge in [0.1, 0.15) is 11.6 Å². The molecule has 0 spiro atoms. The van der Waals surface area contributed by atoms with E-state index < -0.39 is 0 Å². The summed E-state index contributed by atoms with van der Waals surface area (Å²) in [5, 5.41) is 9.16. The quantitative estimate of drug-likeness (QED) is 0.767. The van der Waals surface area contributed by atoms with Crippen molar-refractivity contribution in [1.29, 1.82) is 0 Å². The number of piperidine rings is 1. The van der Waals surface area contributed by atoms with Crippen molar-refractivity contribution in [3.05, 3.63) is 30.1 Å². The van der Waals surface area contributed by atoms with Crippen LogP contribution in [0.2, 0.25) is 0 Å². The highest BCUT2D eigenvalue weighted by Gasteiger charge is 2.24. The molecule has 3 rings (SSSR count). The van der Waals surface area contributed by atoms with E-state index in [2.05, 4.69) is 17.1 Å². The van der Waals surface area contributed by atoms with E-state index in [1.807, 2.05) is 40.7 Å². The van der Waals surface area contributed by atoms with Crippen molar-refractivity contribution in [3.63, 3.8) is 0 Å². The Kier molecular flexibility index (Phi) is 5.63. The van der Waals surface area contributed by atoms with Gasteiger partial charge in [0.25, 0.3) is 0 Å². The van der Waals surface area contributed by atoms with E-state index >= 15 is 0 Å². The second kappa shape index (κ2) is 7.91. The minimum Gasteiger partial charge on any atom is -0.497 e. The number of methoxy groups -OCH3 is 1. The predicted molar refractivity (Wildman–Crippen MR) is 98.4 cm³/mol. The maximum absolute atomic E-state index is 12.6. The predicted octanol–water partition coefficient (Wildman–Crippen LogP) is 3.08. The van der Waals surface area contributed by atoms with Gasteiger partial charge < -0.3 is 9.64 Å². The zero-order valence-corrected chi connectivity index (χ0v) is 15.8. The molecule has 1 saturated heterocycles. The molecule has 2 aromatic rings. The van der Waals surface area contributed by atoms with Crippen LogP contribution in [0, 0.1) is 6.92 Å². The molecule has 7 heteroatoms.